The van der Waals surface area contributed by atoms with Crippen molar-refractivity contribution in [2.24, 2.45) is 0 Å². The Morgan fingerprint density at radius 2 is 1.71 bits per heavy atom. The first-order chi connectivity index (χ1) is 16.8. The number of fused-ring (bicyclic) bond motifs is 2. The number of carbonyl (C=O) groups excluding carboxylic acids is 2. The van der Waals surface area contributed by atoms with Crippen LogP contribution in [0.5, 0.6) is 0 Å². The molecule has 1 aliphatic heterocycles. The fourth-order valence-corrected chi connectivity index (χ4v) is 5.51. The van der Waals surface area contributed by atoms with Gasteiger partial charge in [0.1, 0.15) is 11.6 Å². The molecule has 6 rings (SSSR count). The molecule has 2 aliphatic carbocycles. The molecular weight excluding hydrogens is 446 g/mol. The molecule has 2 fully saturated rings. The van der Waals surface area contributed by atoms with E-state index in [-0.39, 0.29) is 23.7 Å². The zero-order valence-corrected chi connectivity index (χ0v) is 19.5. The van der Waals surface area contributed by atoms with Crippen molar-refractivity contribution < 1.29 is 18.4 Å². The number of Topliss-reactive ketones (excluding diaryl/α,β-unsaturated/α-hetero) is 1. The molecule has 0 unspecified atom stereocenters. The normalized spacial score (nSPS) is 18.3. The minimum absolute atomic E-state index is 0.0111. The smallest absolute Gasteiger partial charge is 0.254 e. The van der Waals surface area contributed by atoms with Crippen LogP contribution >= 0.6 is 0 Å². The van der Waals surface area contributed by atoms with Crippen LogP contribution in [0.15, 0.2) is 60.7 Å². The lowest BCUT2D eigenvalue weighted by Gasteiger charge is -2.24. The van der Waals surface area contributed by atoms with Crippen LogP contribution in [0.3, 0.4) is 0 Å². The zero-order valence-electron chi connectivity index (χ0n) is 19.5. The Morgan fingerprint density at radius 1 is 0.971 bits per heavy atom. The second-order valence-electron chi connectivity index (χ2n) is 10.2. The molecule has 0 bridgehead atoms. The molecule has 178 valence electrons. The quantitative estimate of drug-likeness (QED) is 0.473. The number of para-hydroxylation sites is 1. The van der Waals surface area contributed by atoms with E-state index in [1.807, 2.05) is 24.3 Å². The third-order valence-electron chi connectivity index (χ3n) is 7.84. The summed E-state index contributed by atoms with van der Waals surface area (Å²) in [5.74, 6) is -1.32. The highest BCUT2D eigenvalue weighted by atomic mass is 19.1. The average Bonchev–Trinajstić information content (AvgIpc) is 3.76. The maximum absolute atomic E-state index is 14.5. The van der Waals surface area contributed by atoms with Crippen molar-refractivity contribution in [1.82, 2.24) is 5.32 Å². The van der Waals surface area contributed by atoms with Gasteiger partial charge in [-0.1, -0.05) is 42.5 Å². The molecule has 0 radical (unpaired) electrons. The van der Waals surface area contributed by atoms with Gasteiger partial charge in [-0.15, -0.1) is 0 Å². The van der Waals surface area contributed by atoms with Crippen molar-refractivity contribution in [3.63, 3.8) is 0 Å². The number of hydrogen-bond acceptors (Lipinski definition) is 3. The minimum Gasteiger partial charge on any atom is -0.365 e. The first-order valence-corrected chi connectivity index (χ1v) is 12.1. The van der Waals surface area contributed by atoms with Crippen LogP contribution in [0.2, 0.25) is 0 Å². The van der Waals surface area contributed by atoms with Crippen molar-refractivity contribution in [3.8, 4) is 0 Å². The maximum atomic E-state index is 14.5. The lowest BCUT2D eigenvalue weighted by molar-refractivity contribution is 0.0930. The van der Waals surface area contributed by atoms with E-state index in [2.05, 4.69) is 16.3 Å². The van der Waals surface area contributed by atoms with Crippen LogP contribution in [0.25, 0.3) is 0 Å². The summed E-state index contributed by atoms with van der Waals surface area (Å²) in [6.07, 6.45) is 3.75. The van der Waals surface area contributed by atoms with Crippen LogP contribution in [-0.2, 0) is 17.5 Å². The van der Waals surface area contributed by atoms with Crippen molar-refractivity contribution in [1.29, 1.82) is 0 Å². The lowest BCUT2D eigenvalue weighted by Crippen LogP contribution is -2.36. The molecule has 4 nitrogen and oxygen atoms in total. The molecule has 35 heavy (non-hydrogen) atoms. The standard InChI is InChI=1S/C29H26F2N2O2/c1-18(34)19-5-8-21(9-6-19)29(13-14-29)32-27(35)23-3-2-4-24-26(23)33(17-28(24)11-12-28)16-20-7-10-22(30)15-25(20)31/h2-10,15H,11-14,16-17H2,1H3,(H,32,35). The van der Waals surface area contributed by atoms with E-state index in [1.165, 1.54) is 19.1 Å². The van der Waals surface area contributed by atoms with Crippen LogP contribution in [-0.4, -0.2) is 18.2 Å². The van der Waals surface area contributed by atoms with E-state index in [4.69, 9.17) is 0 Å². The molecule has 3 aromatic rings. The molecule has 3 aromatic carbocycles. The Balaban J connectivity index is 1.31. The van der Waals surface area contributed by atoms with Crippen molar-refractivity contribution in [2.75, 3.05) is 11.4 Å². The summed E-state index contributed by atoms with van der Waals surface area (Å²) in [5, 5.41) is 3.26. The minimum atomic E-state index is -0.599. The summed E-state index contributed by atoms with van der Waals surface area (Å²) in [5.41, 5.74) is 4.22. The van der Waals surface area contributed by atoms with Crippen LogP contribution in [0.4, 0.5) is 14.5 Å². The molecule has 0 atom stereocenters. The van der Waals surface area contributed by atoms with E-state index >= 15 is 0 Å². The van der Waals surface area contributed by atoms with Crippen LogP contribution < -0.4 is 10.2 Å². The van der Waals surface area contributed by atoms with Gasteiger partial charge in [0.25, 0.3) is 5.91 Å². The van der Waals surface area contributed by atoms with Gasteiger partial charge < -0.3 is 10.2 Å². The molecule has 6 heteroatoms. The third kappa shape index (κ3) is 3.72. The number of nitrogens with zero attached hydrogens (tertiary/aromatic N) is 1. The van der Waals surface area contributed by atoms with Gasteiger partial charge in [0, 0.05) is 35.7 Å². The molecule has 0 saturated heterocycles. The number of halogens is 2. The van der Waals surface area contributed by atoms with Gasteiger partial charge in [0.15, 0.2) is 5.78 Å². The number of amides is 1. The topological polar surface area (TPSA) is 49.4 Å². The SMILES string of the molecule is CC(=O)c1ccc(C2(NC(=O)c3cccc4c3N(Cc3ccc(F)cc3F)CC43CC3)CC2)cc1. The number of hydrogen-bond donors (Lipinski definition) is 1. The molecule has 1 heterocycles. The lowest BCUT2D eigenvalue weighted by atomic mass is 9.96. The van der Waals surface area contributed by atoms with E-state index in [9.17, 15) is 18.4 Å². The number of nitrogens with one attached hydrogen (secondary N) is 1. The summed E-state index contributed by atoms with van der Waals surface area (Å²) in [7, 11) is 0. The molecular formula is C29H26F2N2O2. The average molecular weight is 473 g/mol. The number of rotatable bonds is 6. The summed E-state index contributed by atoms with van der Waals surface area (Å²) >= 11 is 0. The highest BCUT2D eigenvalue weighted by molar-refractivity contribution is 6.02. The van der Waals surface area contributed by atoms with Gasteiger partial charge in [-0.05, 0) is 55.9 Å². The summed E-state index contributed by atoms with van der Waals surface area (Å²) in [6, 6.07) is 16.9. The van der Waals surface area contributed by atoms with E-state index in [0.717, 1.165) is 55.1 Å². The van der Waals surface area contributed by atoms with E-state index < -0.39 is 17.2 Å². The number of carbonyl (C=O) groups is 2. The highest BCUT2D eigenvalue weighted by Crippen LogP contribution is 2.57. The Bertz CT molecular complexity index is 1360. The summed E-state index contributed by atoms with van der Waals surface area (Å²) < 4.78 is 27.9. The summed E-state index contributed by atoms with van der Waals surface area (Å²) in [6.45, 7) is 2.54. The van der Waals surface area contributed by atoms with Gasteiger partial charge in [0.05, 0.1) is 16.8 Å². The Kier molecular flexibility index (Phi) is 4.85. The molecule has 0 aromatic heterocycles. The van der Waals surface area contributed by atoms with Gasteiger partial charge in [-0.3, -0.25) is 9.59 Å². The van der Waals surface area contributed by atoms with Gasteiger partial charge in [-0.25, -0.2) is 8.78 Å². The van der Waals surface area contributed by atoms with Crippen molar-refractivity contribution >= 4 is 17.4 Å². The van der Waals surface area contributed by atoms with E-state index in [0.29, 0.717) is 16.7 Å². The fraction of sp³-hybridized carbons (Fsp3) is 0.310. The number of anilines is 1. The van der Waals surface area contributed by atoms with Crippen molar-refractivity contribution in [2.45, 2.75) is 50.1 Å². The summed E-state index contributed by atoms with van der Waals surface area (Å²) in [4.78, 5) is 27.3. The van der Waals surface area contributed by atoms with Gasteiger partial charge >= 0.3 is 0 Å². The first kappa shape index (κ1) is 22.0. The molecule has 3 aliphatic rings. The second kappa shape index (κ2) is 7.74. The number of benzene rings is 3. The Morgan fingerprint density at radius 3 is 2.34 bits per heavy atom. The second-order valence-corrected chi connectivity index (χ2v) is 10.2. The first-order valence-electron chi connectivity index (χ1n) is 12.1. The Labute approximate surface area is 203 Å². The largest absolute Gasteiger partial charge is 0.365 e. The van der Waals surface area contributed by atoms with Crippen molar-refractivity contribution in [3.05, 3.63) is 100 Å². The van der Waals surface area contributed by atoms with E-state index in [1.54, 1.807) is 12.1 Å². The molecule has 2 saturated carbocycles. The predicted molar refractivity (Wildman–Crippen MR) is 130 cm³/mol. The molecule has 1 amide bonds. The fourth-order valence-electron chi connectivity index (χ4n) is 5.51. The Hall–Kier alpha value is -3.54. The monoisotopic (exact) mass is 472 g/mol. The van der Waals surface area contributed by atoms with Crippen LogP contribution in [0, 0.1) is 11.6 Å². The maximum Gasteiger partial charge on any atom is 0.254 e. The van der Waals surface area contributed by atoms with Crippen LogP contribution in [0.1, 0.15) is 70.0 Å². The van der Waals surface area contributed by atoms with Gasteiger partial charge in [-0.2, -0.15) is 0 Å². The molecule has 1 spiro atoms. The predicted octanol–water partition coefficient (Wildman–Crippen LogP) is 5.64. The van der Waals surface area contributed by atoms with Gasteiger partial charge in [0.2, 0.25) is 0 Å². The highest BCUT2D eigenvalue weighted by Gasteiger charge is 2.53. The zero-order chi connectivity index (χ0) is 24.4. The number of ketones is 1. The third-order valence-corrected chi connectivity index (χ3v) is 7.84. The molecule has 1 N–H and O–H groups in total.